The number of hydrogen-bond donors (Lipinski definition) is 1. The summed E-state index contributed by atoms with van der Waals surface area (Å²) in [4.78, 5) is 20.1. The summed E-state index contributed by atoms with van der Waals surface area (Å²) in [5.41, 5.74) is 5.14. The second kappa shape index (κ2) is 6.83. The van der Waals surface area contributed by atoms with E-state index in [-0.39, 0.29) is 6.42 Å². The van der Waals surface area contributed by atoms with Crippen LogP contribution in [0.25, 0.3) is 11.2 Å². The van der Waals surface area contributed by atoms with Gasteiger partial charge in [-0.3, -0.25) is 4.79 Å². The maximum absolute atomic E-state index is 11.0. The van der Waals surface area contributed by atoms with Crippen LogP contribution in [-0.2, 0) is 24.2 Å². The van der Waals surface area contributed by atoms with Gasteiger partial charge in [-0.05, 0) is 37.5 Å². The number of imidazole rings is 1. The van der Waals surface area contributed by atoms with Crippen molar-refractivity contribution in [1.29, 1.82) is 0 Å². The number of aryl methyl sites for hydroxylation is 5. The van der Waals surface area contributed by atoms with Crippen LogP contribution >= 0.6 is 0 Å². The first-order chi connectivity index (χ1) is 11.5. The second-order valence-corrected chi connectivity index (χ2v) is 6.16. The van der Waals surface area contributed by atoms with E-state index >= 15 is 0 Å². The fourth-order valence-electron chi connectivity index (χ4n) is 2.80. The summed E-state index contributed by atoms with van der Waals surface area (Å²) < 4.78 is 1.94. The Labute approximate surface area is 141 Å². The molecule has 2 heterocycles. The topological polar surface area (TPSA) is 68.0 Å². The molecule has 0 aliphatic rings. The van der Waals surface area contributed by atoms with E-state index in [0.29, 0.717) is 6.54 Å². The number of benzene rings is 1. The van der Waals surface area contributed by atoms with Gasteiger partial charge in [0.1, 0.15) is 11.3 Å². The van der Waals surface area contributed by atoms with Gasteiger partial charge in [-0.2, -0.15) is 0 Å². The number of fused-ring (bicyclic) bond motifs is 1. The fourth-order valence-corrected chi connectivity index (χ4v) is 2.80. The van der Waals surface area contributed by atoms with Gasteiger partial charge < -0.3 is 9.67 Å². The molecule has 3 rings (SSSR count). The zero-order valence-electron chi connectivity index (χ0n) is 14.0. The molecule has 5 heteroatoms. The lowest BCUT2D eigenvalue weighted by Gasteiger charge is -2.07. The summed E-state index contributed by atoms with van der Waals surface area (Å²) in [6.45, 7) is 4.45. The molecule has 0 aliphatic heterocycles. The Morgan fingerprint density at radius 1 is 1.12 bits per heavy atom. The van der Waals surface area contributed by atoms with Crippen LogP contribution in [0.5, 0.6) is 0 Å². The molecule has 0 bridgehead atoms. The van der Waals surface area contributed by atoms with E-state index in [1.165, 1.54) is 11.1 Å². The third-order valence-corrected chi connectivity index (χ3v) is 4.11. The summed E-state index contributed by atoms with van der Waals surface area (Å²) in [5.74, 6) is 0.0818. The average molecular weight is 323 g/mol. The lowest BCUT2D eigenvalue weighted by Crippen LogP contribution is -2.09. The third-order valence-electron chi connectivity index (χ3n) is 4.11. The molecular formula is C19H21N3O2. The van der Waals surface area contributed by atoms with Crippen LogP contribution in [0.1, 0.15) is 28.9 Å². The van der Waals surface area contributed by atoms with Gasteiger partial charge in [0.25, 0.3) is 0 Å². The van der Waals surface area contributed by atoms with Crippen molar-refractivity contribution in [3.8, 4) is 0 Å². The van der Waals surface area contributed by atoms with E-state index < -0.39 is 5.97 Å². The van der Waals surface area contributed by atoms with Gasteiger partial charge in [-0.25, -0.2) is 9.97 Å². The zero-order chi connectivity index (χ0) is 17.1. The van der Waals surface area contributed by atoms with E-state index in [0.717, 1.165) is 35.4 Å². The Morgan fingerprint density at radius 2 is 1.88 bits per heavy atom. The van der Waals surface area contributed by atoms with Crippen molar-refractivity contribution in [2.24, 2.45) is 0 Å². The third kappa shape index (κ3) is 3.62. The zero-order valence-corrected chi connectivity index (χ0v) is 14.0. The molecule has 1 N–H and O–H groups in total. The molecule has 0 fully saturated rings. The molecule has 2 aromatic heterocycles. The summed E-state index contributed by atoms with van der Waals surface area (Å²) in [6, 6.07) is 10.5. The Hall–Kier alpha value is -2.69. The van der Waals surface area contributed by atoms with Crippen molar-refractivity contribution in [3.05, 3.63) is 59.0 Å². The number of aromatic nitrogens is 3. The standard InChI is InChI=1S/C19H21N3O2/c1-13-3-5-15(6-4-13)7-8-17-21-16-11-14(2)12-20-19(16)22(17)10-9-18(23)24/h3-6,11-12H,7-10H2,1-2H3,(H,23,24). The molecule has 0 spiro atoms. The van der Waals surface area contributed by atoms with Gasteiger partial charge >= 0.3 is 5.97 Å². The first-order valence-corrected chi connectivity index (χ1v) is 8.12. The summed E-state index contributed by atoms with van der Waals surface area (Å²) >= 11 is 0. The molecule has 124 valence electrons. The highest BCUT2D eigenvalue weighted by Crippen LogP contribution is 2.18. The largest absolute Gasteiger partial charge is 0.481 e. The van der Waals surface area contributed by atoms with E-state index in [4.69, 9.17) is 10.1 Å². The van der Waals surface area contributed by atoms with Crippen LogP contribution in [0.15, 0.2) is 36.5 Å². The van der Waals surface area contributed by atoms with Gasteiger partial charge in [0, 0.05) is 19.2 Å². The summed E-state index contributed by atoms with van der Waals surface area (Å²) in [7, 11) is 0. The number of nitrogens with zero attached hydrogens (tertiary/aromatic N) is 3. The van der Waals surface area contributed by atoms with Gasteiger partial charge in [-0.15, -0.1) is 0 Å². The van der Waals surface area contributed by atoms with Crippen molar-refractivity contribution in [1.82, 2.24) is 14.5 Å². The number of hydrogen-bond acceptors (Lipinski definition) is 3. The molecule has 0 saturated carbocycles. The highest BCUT2D eigenvalue weighted by Gasteiger charge is 2.13. The first-order valence-electron chi connectivity index (χ1n) is 8.12. The van der Waals surface area contributed by atoms with Crippen LogP contribution in [0.4, 0.5) is 0 Å². The number of carbonyl (C=O) groups is 1. The van der Waals surface area contributed by atoms with Gasteiger partial charge in [0.2, 0.25) is 0 Å². The number of carboxylic acids is 1. The maximum Gasteiger partial charge on any atom is 0.305 e. The lowest BCUT2D eigenvalue weighted by molar-refractivity contribution is -0.137. The van der Waals surface area contributed by atoms with Crippen molar-refractivity contribution in [2.45, 2.75) is 39.7 Å². The number of pyridine rings is 1. The van der Waals surface area contributed by atoms with Crippen LogP contribution in [0.2, 0.25) is 0 Å². The Morgan fingerprint density at radius 3 is 2.58 bits per heavy atom. The van der Waals surface area contributed by atoms with E-state index in [2.05, 4.69) is 36.2 Å². The molecule has 3 aromatic rings. The minimum atomic E-state index is -0.812. The van der Waals surface area contributed by atoms with Crippen molar-refractivity contribution in [2.75, 3.05) is 0 Å². The molecule has 0 unspecified atom stereocenters. The number of rotatable bonds is 6. The number of carboxylic acid groups (broad SMARTS) is 1. The highest BCUT2D eigenvalue weighted by molar-refractivity contribution is 5.72. The SMILES string of the molecule is Cc1ccc(CCc2nc3cc(C)cnc3n2CCC(=O)O)cc1. The Kier molecular flexibility index (Phi) is 4.60. The van der Waals surface area contributed by atoms with Crippen molar-refractivity contribution >= 4 is 17.1 Å². The van der Waals surface area contributed by atoms with E-state index in [1.807, 2.05) is 17.6 Å². The van der Waals surface area contributed by atoms with Crippen LogP contribution in [-0.4, -0.2) is 25.6 Å². The molecule has 0 saturated heterocycles. The second-order valence-electron chi connectivity index (χ2n) is 6.16. The molecule has 0 amide bonds. The van der Waals surface area contributed by atoms with E-state index in [1.54, 1.807) is 6.20 Å². The maximum atomic E-state index is 11.0. The average Bonchev–Trinajstić information content (AvgIpc) is 2.89. The predicted molar refractivity (Wildman–Crippen MR) is 93.1 cm³/mol. The van der Waals surface area contributed by atoms with E-state index in [9.17, 15) is 4.79 Å². The minimum absolute atomic E-state index is 0.0680. The molecule has 0 aliphatic carbocycles. The quantitative estimate of drug-likeness (QED) is 0.755. The fraction of sp³-hybridized carbons (Fsp3) is 0.316. The first kappa shape index (κ1) is 16.2. The molecule has 1 aromatic carbocycles. The monoisotopic (exact) mass is 323 g/mol. The van der Waals surface area contributed by atoms with Crippen LogP contribution in [0.3, 0.4) is 0 Å². The molecule has 0 radical (unpaired) electrons. The molecule has 5 nitrogen and oxygen atoms in total. The molecule has 24 heavy (non-hydrogen) atoms. The Bertz CT molecular complexity index is 866. The Balaban J connectivity index is 1.88. The number of aliphatic carboxylic acids is 1. The van der Waals surface area contributed by atoms with Gasteiger partial charge in [0.05, 0.1) is 6.42 Å². The lowest BCUT2D eigenvalue weighted by atomic mass is 10.1. The van der Waals surface area contributed by atoms with Crippen LogP contribution < -0.4 is 0 Å². The summed E-state index contributed by atoms with van der Waals surface area (Å²) in [5, 5.41) is 9.00. The smallest absolute Gasteiger partial charge is 0.305 e. The highest BCUT2D eigenvalue weighted by atomic mass is 16.4. The van der Waals surface area contributed by atoms with Crippen LogP contribution in [0, 0.1) is 13.8 Å². The van der Waals surface area contributed by atoms with Gasteiger partial charge in [0.15, 0.2) is 5.65 Å². The molecular weight excluding hydrogens is 302 g/mol. The summed E-state index contributed by atoms with van der Waals surface area (Å²) in [6.07, 6.45) is 3.50. The minimum Gasteiger partial charge on any atom is -0.481 e. The van der Waals surface area contributed by atoms with Crippen molar-refractivity contribution in [3.63, 3.8) is 0 Å². The van der Waals surface area contributed by atoms with Gasteiger partial charge in [-0.1, -0.05) is 29.8 Å². The van der Waals surface area contributed by atoms with Crippen molar-refractivity contribution < 1.29 is 9.90 Å². The predicted octanol–water partition coefficient (Wildman–Crippen LogP) is 3.31. The normalized spacial score (nSPS) is 11.1. The molecule has 0 atom stereocenters.